The highest BCUT2D eigenvalue weighted by Gasteiger charge is 2.53. The number of hydrogen-bond acceptors (Lipinski definition) is 4. The molecular weight excluding hydrogens is 396 g/mol. The Morgan fingerprint density at radius 1 is 0.733 bits per heavy atom. The lowest BCUT2D eigenvalue weighted by Gasteiger charge is -2.53. The summed E-state index contributed by atoms with van der Waals surface area (Å²) < 4.78 is 32.5. The van der Waals surface area contributed by atoms with Gasteiger partial charge >= 0.3 is 0 Å². The molecule has 30 heavy (non-hydrogen) atoms. The molecule has 0 unspecified atom stereocenters. The smallest absolute Gasteiger partial charge is 0.297 e. The van der Waals surface area contributed by atoms with Crippen LogP contribution in [-0.2, 0) is 14.3 Å². The minimum absolute atomic E-state index is 0.0244. The largest absolute Gasteiger partial charge is 0.393 e. The summed E-state index contributed by atoms with van der Waals surface area (Å²) in [6, 6.07) is 6.87. The molecule has 1 N–H and O–H groups in total. The highest BCUT2D eigenvalue weighted by Crippen LogP contribution is 2.53. The Balaban J connectivity index is 1.73. The Kier molecular flexibility index (Phi) is 5.75. The van der Waals surface area contributed by atoms with Crippen LogP contribution in [0, 0.1) is 30.6 Å². The second kappa shape index (κ2) is 7.92. The van der Waals surface area contributed by atoms with Crippen molar-refractivity contribution in [1.29, 1.82) is 0 Å². The topological polar surface area (TPSA) is 63.6 Å². The molecule has 1 aromatic carbocycles. The summed E-state index contributed by atoms with van der Waals surface area (Å²) in [5.41, 5.74) is 6.29. The quantitative estimate of drug-likeness (QED) is 0.531. The lowest BCUT2D eigenvalue weighted by Crippen LogP contribution is -2.55. The Bertz CT molecular complexity index is 944. The van der Waals surface area contributed by atoms with Crippen molar-refractivity contribution in [2.24, 2.45) is 23.7 Å². The molecular formula is C25H34O4S. The molecule has 0 aliphatic heterocycles. The van der Waals surface area contributed by atoms with Gasteiger partial charge in [-0.05, 0) is 96.1 Å². The summed E-state index contributed by atoms with van der Waals surface area (Å²) in [6.45, 7) is 10.5. The van der Waals surface area contributed by atoms with E-state index in [9.17, 15) is 13.5 Å². The highest BCUT2D eigenvalue weighted by atomic mass is 32.2. The van der Waals surface area contributed by atoms with Gasteiger partial charge in [0.15, 0.2) is 0 Å². The maximum Gasteiger partial charge on any atom is 0.297 e. The van der Waals surface area contributed by atoms with E-state index in [1.165, 1.54) is 22.3 Å². The Hall–Kier alpha value is -1.43. The molecule has 164 valence electrons. The van der Waals surface area contributed by atoms with Crippen molar-refractivity contribution in [3.8, 4) is 0 Å². The standard InChI is InChI=1S/C25H34O4S/c1-14-6-8-19(9-7-14)30(27,28)29-25-22-12-17(4)15(2)10-20(22)24(26)21-11-16(3)18(5)13-23(21)25/h6-9,20-26H,10-13H2,1-5H3/t20-,21-,22-,23-,24?,25?/m0/s1. The van der Waals surface area contributed by atoms with Crippen LogP contribution in [-0.4, -0.2) is 25.7 Å². The number of benzene rings is 1. The zero-order valence-corrected chi connectivity index (χ0v) is 19.5. The molecule has 3 aliphatic carbocycles. The number of aliphatic hydroxyl groups is 1. The van der Waals surface area contributed by atoms with Gasteiger partial charge in [-0.3, -0.25) is 4.18 Å². The van der Waals surface area contributed by atoms with Gasteiger partial charge in [0, 0.05) is 0 Å². The first kappa shape index (κ1) is 21.8. The van der Waals surface area contributed by atoms with Gasteiger partial charge in [-0.1, -0.05) is 40.0 Å². The molecule has 1 saturated carbocycles. The summed E-state index contributed by atoms with van der Waals surface area (Å²) in [5, 5.41) is 11.3. The second-order valence-corrected chi connectivity index (χ2v) is 11.5. The van der Waals surface area contributed by atoms with Crippen molar-refractivity contribution < 1.29 is 17.7 Å². The molecule has 0 saturated heterocycles. The highest BCUT2D eigenvalue weighted by molar-refractivity contribution is 7.86. The van der Waals surface area contributed by atoms with E-state index >= 15 is 0 Å². The van der Waals surface area contributed by atoms with Crippen LogP contribution in [0.2, 0.25) is 0 Å². The molecule has 0 heterocycles. The molecule has 4 atom stereocenters. The van der Waals surface area contributed by atoms with E-state index in [4.69, 9.17) is 4.18 Å². The van der Waals surface area contributed by atoms with Gasteiger partial charge in [-0.25, -0.2) is 0 Å². The minimum atomic E-state index is -3.87. The third-order valence-electron chi connectivity index (χ3n) is 7.99. The molecule has 4 nitrogen and oxygen atoms in total. The van der Waals surface area contributed by atoms with E-state index in [1.54, 1.807) is 24.3 Å². The first-order valence-corrected chi connectivity index (χ1v) is 12.5. The summed E-state index contributed by atoms with van der Waals surface area (Å²) in [7, 11) is -3.87. The molecule has 1 aromatic rings. The Morgan fingerprint density at radius 3 is 1.57 bits per heavy atom. The number of allylic oxidation sites excluding steroid dienone is 4. The summed E-state index contributed by atoms with van der Waals surface area (Å²) >= 11 is 0. The monoisotopic (exact) mass is 430 g/mol. The number of aryl methyl sites for hydroxylation is 1. The van der Waals surface area contributed by atoms with Crippen LogP contribution in [0.15, 0.2) is 51.5 Å². The molecule has 3 aliphatic rings. The lowest BCUT2D eigenvalue weighted by atomic mass is 9.56. The van der Waals surface area contributed by atoms with Crippen LogP contribution in [0.25, 0.3) is 0 Å². The third-order valence-corrected chi connectivity index (χ3v) is 9.32. The SMILES string of the molecule is CC1=C(C)C[C@@H]2C(OS(=O)(=O)c3ccc(C)cc3)[C@H]3CC(C)=C(C)C[C@@H]3C(O)[C@H]2C1. The average Bonchev–Trinajstić information content (AvgIpc) is 2.69. The van der Waals surface area contributed by atoms with E-state index in [0.29, 0.717) is 0 Å². The fourth-order valence-electron chi connectivity index (χ4n) is 5.87. The maximum atomic E-state index is 13.2. The first-order valence-electron chi connectivity index (χ1n) is 11.1. The number of fused-ring (bicyclic) bond motifs is 2. The van der Waals surface area contributed by atoms with E-state index in [1.807, 2.05) is 6.92 Å². The van der Waals surface area contributed by atoms with E-state index in [2.05, 4.69) is 27.7 Å². The molecule has 0 spiro atoms. The van der Waals surface area contributed by atoms with E-state index in [-0.39, 0.29) is 28.6 Å². The van der Waals surface area contributed by atoms with Crippen LogP contribution in [0.4, 0.5) is 0 Å². The van der Waals surface area contributed by atoms with Crippen LogP contribution < -0.4 is 0 Å². The maximum absolute atomic E-state index is 13.2. The first-order chi connectivity index (χ1) is 14.1. The zero-order chi connectivity index (χ0) is 21.8. The summed E-state index contributed by atoms with van der Waals surface area (Å²) in [4.78, 5) is 0.214. The molecule has 0 bridgehead atoms. The van der Waals surface area contributed by atoms with Crippen molar-refractivity contribution in [3.63, 3.8) is 0 Å². The number of rotatable bonds is 3. The van der Waals surface area contributed by atoms with Crippen molar-refractivity contribution >= 4 is 10.1 Å². The van der Waals surface area contributed by atoms with Crippen LogP contribution >= 0.6 is 0 Å². The van der Waals surface area contributed by atoms with Crippen molar-refractivity contribution in [3.05, 3.63) is 52.1 Å². The van der Waals surface area contributed by atoms with Gasteiger partial charge in [0.25, 0.3) is 10.1 Å². The lowest BCUT2D eigenvalue weighted by molar-refractivity contribution is -0.112. The van der Waals surface area contributed by atoms with E-state index in [0.717, 1.165) is 31.2 Å². The molecule has 4 rings (SSSR count). The summed E-state index contributed by atoms with van der Waals surface area (Å²) in [5.74, 6) is 0.159. The zero-order valence-electron chi connectivity index (χ0n) is 18.7. The van der Waals surface area contributed by atoms with Crippen molar-refractivity contribution in [2.75, 3.05) is 0 Å². The normalized spacial score (nSPS) is 34.6. The van der Waals surface area contributed by atoms with Gasteiger partial charge < -0.3 is 5.11 Å². The van der Waals surface area contributed by atoms with Gasteiger partial charge in [0.2, 0.25) is 0 Å². The predicted molar refractivity (Wildman–Crippen MR) is 118 cm³/mol. The van der Waals surface area contributed by atoms with Crippen molar-refractivity contribution in [2.45, 2.75) is 77.4 Å². The third kappa shape index (κ3) is 3.80. The average molecular weight is 431 g/mol. The minimum Gasteiger partial charge on any atom is -0.393 e. The fraction of sp³-hybridized carbons (Fsp3) is 0.600. The molecule has 0 aromatic heterocycles. The molecule has 0 radical (unpaired) electrons. The number of aliphatic hydroxyl groups excluding tert-OH is 1. The van der Waals surface area contributed by atoms with Crippen LogP contribution in [0.5, 0.6) is 0 Å². The van der Waals surface area contributed by atoms with Crippen molar-refractivity contribution in [1.82, 2.24) is 0 Å². The number of hydrogen-bond donors (Lipinski definition) is 1. The van der Waals surface area contributed by atoms with Gasteiger partial charge in [-0.15, -0.1) is 0 Å². The van der Waals surface area contributed by atoms with Gasteiger partial charge in [-0.2, -0.15) is 8.42 Å². The van der Waals surface area contributed by atoms with E-state index < -0.39 is 22.3 Å². The molecule has 0 amide bonds. The van der Waals surface area contributed by atoms with Crippen LogP contribution in [0.3, 0.4) is 0 Å². The van der Waals surface area contributed by atoms with Gasteiger partial charge in [0.1, 0.15) is 0 Å². The fourth-order valence-corrected chi connectivity index (χ4v) is 7.03. The predicted octanol–water partition coefficient (Wildman–Crippen LogP) is 5.17. The molecule has 1 fully saturated rings. The summed E-state index contributed by atoms with van der Waals surface area (Å²) in [6.07, 6.45) is 2.44. The van der Waals surface area contributed by atoms with Crippen LogP contribution in [0.1, 0.15) is 58.9 Å². The Labute approximate surface area is 181 Å². The van der Waals surface area contributed by atoms with Gasteiger partial charge in [0.05, 0.1) is 17.1 Å². The molecule has 5 heteroatoms. The second-order valence-electron chi connectivity index (χ2n) is 9.91. The Morgan fingerprint density at radius 2 is 1.13 bits per heavy atom.